The van der Waals surface area contributed by atoms with Crippen LogP contribution >= 0.6 is 11.6 Å². The standard InChI is InChI=1S/C12H15ClN2/c13-10-2-1-9-4-11-3-8(6-14)7-15(11)12(9)5-10/h1-2,5,8,11H,3-4,6-7,14H2. The molecular weight excluding hydrogens is 208 g/mol. The highest BCUT2D eigenvalue weighted by Gasteiger charge is 2.37. The predicted molar refractivity (Wildman–Crippen MR) is 63.5 cm³/mol. The van der Waals surface area contributed by atoms with Crippen LogP contribution in [0.3, 0.4) is 0 Å². The highest BCUT2D eigenvalue weighted by atomic mass is 35.5. The Hall–Kier alpha value is -0.730. The fraction of sp³-hybridized carbons (Fsp3) is 0.500. The number of halogens is 1. The molecule has 2 nitrogen and oxygen atoms in total. The van der Waals surface area contributed by atoms with Crippen LogP contribution in [0, 0.1) is 5.92 Å². The Kier molecular flexibility index (Phi) is 2.15. The lowest BCUT2D eigenvalue weighted by molar-refractivity contribution is 0.566. The van der Waals surface area contributed by atoms with Crippen molar-refractivity contribution in [3.05, 3.63) is 28.8 Å². The van der Waals surface area contributed by atoms with Crippen molar-refractivity contribution >= 4 is 17.3 Å². The van der Waals surface area contributed by atoms with Gasteiger partial charge in [-0.15, -0.1) is 0 Å². The monoisotopic (exact) mass is 222 g/mol. The van der Waals surface area contributed by atoms with Gasteiger partial charge in [-0.3, -0.25) is 0 Å². The van der Waals surface area contributed by atoms with Crippen LogP contribution in [-0.4, -0.2) is 19.1 Å². The van der Waals surface area contributed by atoms with Crippen molar-refractivity contribution in [1.29, 1.82) is 0 Å². The number of nitrogens with two attached hydrogens (primary N) is 1. The number of fused-ring (bicyclic) bond motifs is 3. The number of hydrogen-bond donors (Lipinski definition) is 1. The lowest BCUT2D eigenvalue weighted by Crippen LogP contribution is -2.25. The van der Waals surface area contributed by atoms with Gasteiger partial charge in [0.25, 0.3) is 0 Å². The molecule has 1 aromatic carbocycles. The summed E-state index contributed by atoms with van der Waals surface area (Å²) in [5.41, 5.74) is 8.52. The van der Waals surface area contributed by atoms with Crippen LogP contribution in [0.25, 0.3) is 0 Å². The SMILES string of the molecule is NCC1CC2Cc3ccc(Cl)cc3N2C1. The zero-order chi connectivity index (χ0) is 10.4. The zero-order valence-electron chi connectivity index (χ0n) is 8.62. The molecule has 2 aliphatic rings. The van der Waals surface area contributed by atoms with Gasteiger partial charge in [-0.1, -0.05) is 17.7 Å². The van der Waals surface area contributed by atoms with Gasteiger partial charge in [0.1, 0.15) is 0 Å². The molecule has 80 valence electrons. The Bertz CT molecular complexity index is 391. The van der Waals surface area contributed by atoms with E-state index in [4.69, 9.17) is 17.3 Å². The number of nitrogens with zero attached hydrogens (tertiary/aromatic N) is 1. The van der Waals surface area contributed by atoms with E-state index in [0.717, 1.165) is 18.1 Å². The second-order valence-electron chi connectivity index (χ2n) is 4.62. The van der Waals surface area contributed by atoms with E-state index in [1.54, 1.807) is 0 Å². The summed E-state index contributed by atoms with van der Waals surface area (Å²) in [6.45, 7) is 1.91. The summed E-state index contributed by atoms with van der Waals surface area (Å²) in [5.74, 6) is 0.669. The maximum Gasteiger partial charge on any atom is 0.0426 e. The molecule has 0 radical (unpaired) electrons. The van der Waals surface area contributed by atoms with Crippen molar-refractivity contribution in [3.63, 3.8) is 0 Å². The Labute approximate surface area is 95.0 Å². The van der Waals surface area contributed by atoms with Gasteiger partial charge in [-0.25, -0.2) is 0 Å². The average molecular weight is 223 g/mol. The quantitative estimate of drug-likeness (QED) is 0.788. The van der Waals surface area contributed by atoms with Crippen LogP contribution in [0.15, 0.2) is 18.2 Å². The number of rotatable bonds is 1. The minimum Gasteiger partial charge on any atom is -0.368 e. The molecule has 0 bridgehead atoms. The van der Waals surface area contributed by atoms with E-state index in [0.29, 0.717) is 12.0 Å². The molecule has 1 saturated heterocycles. The minimum atomic E-state index is 0.669. The molecule has 1 fully saturated rings. The van der Waals surface area contributed by atoms with Crippen LogP contribution in [0.2, 0.25) is 5.02 Å². The molecule has 3 heteroatoms. The maximum atomic E-state index is 6.03. The van der Waals surface area contributed by atoms with Crippen LogP contribution < -0.4 is 10.6 Å². The first-order valence-electron chi connectivity index (χ1n) is 5.53. The smallest absolute Gasteiger partial charge is 0.0426 e. The normalized spacial score (nSPS) is 28.0. The van der Waals surface area contributed by atoms with Gasteiger partial charge in [0.05, 0.1) is 0 Å². The van der Waals surface area contributed by atoms with E-state index >= 15 is 0 Å². The van der Waals surface area contributed by atoms with E-state index in [2.05, 4.69) is 17.0 Å². The molecule has 3 rings (SSSR count). The van der Waals surface area contributed by atoms with E-state index in [1.807, 2.05) is 6.07 Å². The third-order valence-corrected chi connectivity index (χ3v) is 3.88. The molecule has 2 atom stereocenters. The van der Waals surface area contributed by atoms with Gasteiger partial charge in [-0.2, -0.15) is 0 Å². The predicted octanol–water partition coefficient (Wildman–Crippen LogP) is 2.05. The summed E-state index contributed by atoms with van der Waals surface area (Å²) in [6.07, 6.45) is 2.41. The molecule has 0 spiro atoms. The van der Waals surface area contributed by atoms with Gasteiger partial charge < -0.3 is 10.6 Å². The molecule has 2 unspecified atom stereocenters. The Morgan fingerprint density at radius 2 is 2.33 bits per heavy atom. The van der Waals surface area contributed by atoms with Crippen molar-refractivity contribution in [1.82, 2.24) is 0 Å². The Morgan fingerprint density at radius 1 is 1.47 bits per heavy atom. The molecule has 0 amide bonds. The lowest BCUT2D eigenvalue weighted by atomic mass is 10.0. The minimum absolute atomic E-state index is 0.669. The molecular formula is C12H15ClN2. The molecule has 0 saturated carbocycles. The summed E-state index contributed by atoms with van der Waals surface area (Å²) in [4.78, 5) is 2.48. The van der Waals surface area contributed by atoms with E-state index in [1.165, 1.54) is 24.1 Å². The van der Waals surface area contributed by atoms with Gasteiger partial charge in [0.2, 0.25) is 0 Å². The fourth-order valence-corrected chi connectivity index (χ4v) is 3.07. The van der Waals surface area contributed by atoms with E-state index < -0.39 is 0 Å². The molecule has 0 aromatic heterocycles. The average Bonchev–Trinajstić information content (AvgIpc) is 2.75. The third-order valence-electron chi connectivity index (χ3n) is 3.65. The lowest BCUT2D eigenvalue weighted by Gasteiger charge is -2.18. The summed E-state index contributed by atoms with van der Waals surface area (Å²) in [7, 11) is 0. The summed E-state index contributed by atoms with van der Waals surface area (Å²) >= 11 is 6.03. The molecule has 0 aliphatic carbocycles. The first-order valence-corrected chi connectivity index (χ1v) is 5.91. The van der Waals surface area contributed by atoms with Crippen LogP contribution in [0.5, 0.6) is 0 Å². The third kappa shape index (κ3) is 1.44. The van der Waals surface area contributed by atoms with Crippen molar-refractivity contribution in [3.8, 4) is 0 Å². The van der Waals surface area contributed by atoms with Crippen molar-refractivity contribution < 1.29 is 0 Å². The highest BCUT2D eigenvalue weighted by Crippen LogP contribution is 2.40. The van der Waals surface area contributed by atoms with Gasteiger partial charge in [0, 0.05) is 23.3 Å². The Balaban J connectivity index is 1.94. The largest absolute Gasteiger partial charge is 0.368 e. The molecule has 2 heterocycles. The van der Waals surface area contributed by atoms with Gasteiger partial charge in [-0.05, 0) is 43.0 Å². The van der Waals surface area contributed by atoms with Crippen molar-refractivity contribution in [2.45, 2.75) is 18.9 Å². The number of benzene rings is 1. The second-order valence-corrected chi connectivity index (χ2v) is 5.06. The molecule has 15 heavy (non-hydrogen) atoms. The topological polar surface area (TPSA) is 29.3 Å². The zero-order valence-corrected chi connectivity index (χ0v) is 9.37. The van der Waals surface area contributed by atoms with Crippen molar-refractivity contribution in [2.75, 3.05) is 18.0 Å². The van der Waals surface area contributed by atoms with Crippen LogP contribution in [0.4, 0.5) is 5.69 Å². The molecule has 1 aromatic rings. The first-order chi connectivity index (χ1) is 7.28. The Morgan fingerprint density at radius 3 is 3.13 bits per heavy atom. The summed E-state index contributed by atoms with van der Waals surface area (Å²) < 4.78 is 0. The summed E-state index contributed by atoms with van der Waals surface area (Å²) in [6, 6.07) is 6.92. The molecule has 2 aliphatic heterocycles. The van der Waals surface area contributed by atoms with E-state index in [-0.39, 0.29) is 0 Å². The fourth-order valence-electron chi connectivity index (χ4n) is 2.90. The number of anilines is 1. The van der Waals surface area contributed by atoms with Gasteiger partial charge >= 0.3 is 0 Å². The highest BCUT2D eigenvalue weighted by molar-refractivity contribution is 6.30. The first kappa shape index (κ1) is 9.49. The van der Waals surface area contributed by atoms with Gasteiger partial charge in [0.15, 0.2) is 0 Å². The van der Waals surface area contributed by atoms with Crippen molar-refractivity contribution in [2.24, 2.45) is 11.7 Å². The van der Waals surface area contributed by atoms with Crippen LogP contribution in [-0.2, 0) is 6.42 Å². The molecule has 2 N–H and O–H groups in total. The second kappa shape index (κ2) is 3.39. The maximum absolute atomic E-state index is 6.03. The number of hydrogen-bond acceptors (Lipinski definition) is 2. The van der Waals surface area contributed by atoms with E-state index in [9.17, 15) is 0 Å². The summed E-state index contributed by atoms with van der Waals surface area (Å²) in [5, 5.41) is 0.839. The van der Waals surface area contributed by atoms with Crippen LogP contribution in [0.1, 0.15) is 12.0 Å².